The fraction of sp³-hybridized carbons (Fsp3) is 0.720. The molecule has 0 spiro atoms. The van der Waals surface area contributed by atoms with E-state index in [9.17, 15) is 0 Å². The highest BCUT2D eigenvalue weighted by molar-refractivity contribution is 5.80. The number of fused-ring (bicyclic) bond motifs is 1. The van der Waals surface area contributed by atoms with Crippen molar-refractivity contribution >= 4 is 5.96 Å². The Morgan fingerprint density at radius 3 is 2.68 bits per heavy atom. The van der Waals surface area contributed by atoms with Crippen LogP contribution in [0, 0.1) is 5.92 Å². The number of hydrogen-bond acceptors (Lipinski definition) is 4. The van der Waals surface area contributed by atoms with Crippen LogP contribution in [0.1, 0.15) is 38.2 Å². The van der Waals surface area contributed by atoms with E-state index < -0.39 is 0 Å². The van der Waals surface area contributed by atoms with Gasteiger partial charge in [0, 0.05) is 39.8 Å². The molecule has 4 rings (SSSR count). The smallest absolute Gasteiger partial charge is 0.193 e. The maximum Gasteiger partial charge on any atom is 0.193 e. The summed E-state index contributed by atoms with van der Waals surface area (Å²) in [5.41, 5.74) is 1.38. The predicted octanol–water partition coefficient (Wildman–Crippen LogP) is 2.66. The Bertz CT molecular complexity index is 688. The molecule has 2 atom stereocenters. The Balaban J connectivity index is 1.20. The fourth-order valence-corrected chi connectivity index (χ4v) is 5.22. The standard InChI is InChI=1S/C25H41N5O/c1-21-10-14-28(15-11-21)13-7-6-12-27-25(26-2)30-19-23-24(20-30)31-17-16-29(23)18-22-8-4-3-5-9-22/h3-5,8-9,21,23-24H,6-7,10-20H2,1-2H3,(H,26,27). The zero-order valence-corrected chi connectivity index (χ0v) is 19.5. The first kappa shape index (κ1) is 22.6. The molecule has 1 N–H and O–H groups in total. The molecule has 0 saturated carbocycles. The molecule has 0 aromatic heterocycles. The maximum atomic E-state index is 6.14. The van der Waals surface area contributed by atoms with Crippen molar-refractivity contribution in [3.8, 4) is 0 Å². The number of hydrogen-bond donors (Lipinski definition) is 1. The van der Waals surface area contributed by atoms with Crippen molar-refractivity contribution in [2.75, 3.05) is 59.5 Å². The van der Waals surface area contributed by atoms with Gasteiger partial charge in [0.2, 0.25) is 0 Å². The average Bonchev–Trinajstić information content (AvgIpc) is 3.23. The number of piperidine rings is 1. The largest absolute Gasteiger partial charge is 0.373 e. The monoisotopic (exact) mass is 427 g/mol. The number of nitrogens with one attached hydrogen (secondary N) is 1. The molecule has 0 bridgehead atoms. The van der Waals surface area contributed by atoms with Crippen LogP contribution in [0.15, 0.2) is 35.3 Å². The van der Waals surface area contributed by atoms with E-state index in [1.807, 2.05) is 7.05 Å². The molecule has 0 radical (unpaired) electrons. The van der Waals surface area contributed by atoms with Crippen molar-refractivity contribution < 1.29 is 4.74 Å². The second-order valence-corrected chi connectivity index (χ2v) is 9.54. The van der Waals surface area contributed by atoms with Crippen molar-refractivity contribution in [3.05, 3.63) is 35.9 Å². The van der Waals surface area contributed by atoms with Crippen LogP contribution >= 0.6 is 0 Å². The van der Waals surface area contributed by atoms with Crippen LogP contribution in [0.25, 0.3) is 0 Å². The quantitative estimate of drug-likeness (QED) is 0.412. The Labute approximate surface area is 188 Å². The van der Waals surface area contributed by atoms with Crippen LogP contribution in [-0.2, 0) is 11.3 Å². The van der Waals surface area contributed by atoms with Crippen LogP contribution in [-0.4, -0.2) is 92.3 Å². The Hall–Kier alpha value is -1.63. The molecule has 1 aromatic carbocycles. The van der Waals surface area contributed by atoms with Gasteiger partial charge in [-0.1, -0.05) is 37.3 Å². The number of likely N-dealkylation sites (tertiary alicyclic amines) is 2. The Morgan fingerprint density at radius 2 is 1.90 bits per heavy atom. The van der Waals surface area contributed by atoms with Crippen LogP contribution in [0.3, 0.4) is 0 Å². The van der Waals surface area contributed by atoms with Crippen molar-refractivity contribution in [2.24, 2.45) is 10.9 Å². The van der Waals surface area contributed by atoms with E-state index in [0.717, 1.165) is 51.2 Å². The molecule has 3 fully saturated rings. The summed E-state index contributed by atoms with van der Waals surface area (Å²) in [6.07, 6.45) is 5.47. The number of guanidine groups is 1. The van der Waals surface area contributed by atoms with Crippen molar-refractivity contribution in [3.63, 3.8) is 0 Å². The number of unbranched alkanes of at least 4 members (excludes halogenated alkanes) is 1. The summed E-state index contributed by atoms with van der Waals surface area (Å²) >= 11 is 0. The van der Waals surface area contributed by atoms with E-state index in [4.69, 9.17) is 4.74 Å². The number of morpholine rings is 1. The van der Waals surface area contributed by atoms with E-state index in [2.05, 4.69) is 62.3 Å². The van der Waals surface area contributed by atoms with Gasteiger partial charge in [0.15, 0.2) is 5.96 Å². The summed E-state index contributed by atoms with van der Waals surface area (Å²) in [6.45, 7) is 11.9. The van der Waals surface area contributed by atoms with Crippen LogP contribution in [0.2, 0.25) is 0 Å². The molecule has 6 nitrogen and oxygen atoms in total. The number of ether oxygens (including phenoxy) is 1. The first-order valence-electron chi connectivity index (χ1n) is 12.3. The van der Waals surface area contributed by atoms with Gasteiger partial charge in [0.1, 0.15) is 0 Å². The Kier molecular flexibility index (Phi) is 8.22. The molecule has 3 saturated heterocycles. The zero-order chi connectivity index (χ0) is 21.5. The molecule has 2 unspecified atom stereocenters. The summed E-state index contributed by atoms with van der Waals surface area (Å²) in [6, 6.07) is 11.2. The predicted molar refractivity (Wildman–Crippen MR) is 127 cm³/mol. The molecular weight excluding hydrogens is 386 g/mol. The normalized spacial score (nSPS) is 26.3. The third-order valence-electron chi connectivity index (χ3n) is 7.22. The highest BCUT2D eigenvalue weighted by Gasteiger charge is 2.41. The second kappa shape index (κ2) is 11.3. The lowest BCUT2D eigenvalue weighted by molar-refractivity contribution is -0.0502. The summed E-state index contributed by atoms with van der Waals surface area (Å²) in [4.78, 5) is 12.2. The summed E-state index contributed by atoms with van der Waals surface area (Å²) in [5.74, 6) is 1.95. The van der Waals surface area contributed by atoms with Crippen molar-refractivity contribution in [2.45, 2.75) is 51.3 Å². The van der Waals surface area contributed by atoms with E-state index in [1.54, 1.807) is 0 Å². The SMILES string of the molecule is CN=C(NCCCCN1CCC(C)CC1)N1CC2OCCN(Cc3ccccc3)C2C1. The number of rotatable bonds is 7. The highest BCUT2D eigenvalue weighted by atomic mass is 16.5. The second-order valence-electron chi connectivity index (χ2n) is 9.54. The van der Waals surface area contributed by atoms with Gasteiger partial charge in [-0.2, -0.15) is 0 Å². The summed E-state index contributed by atoms with van der Waals surface area (Å²) in [7, 11) is 1.90. The molecule has 0 amide bonds. The molecule has 172 valence electrons. The topological polar surface area (TPSA) is 43.3 Å². The van der Waals surface area contributed by atoms with E-state index >= 15 is 0 Å². The number of aliphatic imine (C=N–C) groups is 1. The third kappa shape index (κ3) is 6.21. The minimum atomic E-state index is 0.275. The van der Waals surface area contributed by atoms with E-state index in [1.165, 1.54) is 50.9 Å². The van der Waals surface area contributed by atoms with Gasteiger partial charge in [-0.15, -0.1) is 0 Å². The third-order valence-corrected chi connectivity index (χ3v) is 7.22. The molecule has 31 heavy (non-hydrogen) atoms. The number of benzene rings is 1. The van der Waals surface area contributed by atoms with Crippen LogP contribution in [0.4, 0.5) is 0 Å². The van der Waals surface area contributed by atoms with E-state index in [0.29, 0.717) is 6.04 Å². The van der Waals surface area contributed by atoms with Gasteiger partial charge in [0.25, 0.3) is 0 Å². The fourth-order valence-electron chi connectivity index (χ4n) is 5.22. The molecule has 1 aromatic rings. The molecule has 3 aliphatic heterocycles. The summed E-state index contributed by atoms with van der Waals surface area (Å²) in [5, 5.41) is 3.61. The molecule has 3 aliphatic rings. The van der Waals surface area contributed by atoms with Gasteiger partial charge in [0.05, 0.1) is 18.8 Å². The maximum absolute atomic E-state index is 6.14. The van der Waals surface area contributed by atoms with Crippen molar-refractivity contribution in [1.82, 2.24) is 20.0 Å². The lowest BCUT2D eigenvalue weighted by Gasteiger charge is -2.36. The van der Waals surface area contributed by atoms with Gasteiger partial charge in [-0.05, 0) is 56.8 Å². The van der Waals surface area contributed by atoms with Gasteiger partial charge >= 0.3 is 0 Å². The first-order chi connectivity index (χ1) is 15.2. The minimum Gasteiger partial charge on any atom is -0.373 e. The molecule has 0 aliphatic carbocycles. The van der Waals surface area contributed by atoms with Gasteiger partial charge < -0.3 is 19.9 Å². The minimum absolute atomic E-state index is 0.275. The lowest BCUT2D eigenvalue weighted by atomic mass is 9.99. The molecule has 6 heteroatoms. The zero-order valence-electron chi connectivity index (χ0n) is 19.5. The Morgan fingerprint density at radius 1 is 1.10 bits per heavy atom. The lowest BCUT2D eigenvalue weighted by Crippen LogP contribution is -2.50. The highest BCUT2D eigenvalue weighted by Crippen LogP contribution is 2.24. The van der Waals surface area contributed by atoms with Crippen LogP contribution < -0.4 is 5.32 Å². The molecule has 3 heterocycles. The summed E-state index contributed by atoms with van der Waals surface area (Å²) < 4.78 is 6.14. The average molecular weight is 428 g/mol. The molecular formula is C25H41N5O. The van der Waals surface area contributed by atoms with Gasteiger partial charge in [-0.25, -0.2) is 0 Å². The van der Waals surface area contributed by atoms with Crippen molar-refractivity contribution in [1.29, 1.82) is 0 Å². The van der Waals surface area contributed by atoms with Gasteiger partial charge in [-0.3, -0.25) is 9.89 Å². The number of nitrogens with zero attached hydrogens (tertiary/aromatic N) is 4. The van der Waals surface area contributed by atoms with Crippen LogP contribution in [0.5, 0.6) is 0 Å². The van der Waals surface area contributed by atoms with E-state index in [-0.39, 0.29) is 6.10 Å². The first-order valence-corrected chi connectivity index (χ1v) is 12.3.